The van der Waals surface area contributed by atoms with E-state index in [9.17, 15) is 9.59 Å². The van der Waals surface area contributed by atoms with Gasteiger partial charge in [-0.05, 0) is 40.9 Å². The SMILES string of the molecule is COC(=O)C(C)CN(C(=O)c1ccc(Br)o1)C1CC1. The van der Waals surface area contributed by atoms with Crippen LogP contribution in [0.2, 0.25) is 0 Å². The number of carbonyl (C=O) groups excluding carboxylic acids is 2. The number of esters is 1. The fraction of sp³-hybridized carbons (Fsp3) is 0.538. The molecule has 1 aliphatic rings. The molecule has 1 amide bonds. The average Bonchev–Trinajstić information content (AvgIpc) is 3.15. The Morgan fingerprint density at radius 3 is 2.68 bits per heavy atom. The second-order valence-electron chi connectivity index (χ2n) is 4.72. The zero-order chi connectivity index (χ0) is 14.0. The van der Waals surface area contributed by atoms with Crippen molar-refractivity contribution in [3.05, 3.63) is 22.6 Å². The van der Waals surface area contributed by atoms with E-state index in [0.29, 0.717) is 11.2 Å². The standard InChI is InChI=1S/C13H16BrNO4/c1-8(13(17)18-2)7-15(9-3-4-9)12(16)10-5-6-11(14)19-10/h5-6,8-9H,3-4,7H2,1-2H3. The number of hydrogen-bond acceptors (Lipinski definition) is 4. The van der Waals surface area contributed by atoms with Crippen LogP contribution in [0.25, 0.3) is 0 Å². The van der Waals surface area contributed by atoms with Gasteiger partial charge in [0.2, 0.25) is 0 Å². The van der Waals surface area contributed by atoms with Crippen LogP contribution in [-0.2, 0) is 9.53 Å². The van der Waals surface area contributed by atoms with Gasteiger partial charge in [-0.1, -0.05) is 6.92 Å². The van der Waals surface area contributed by atoms with Crippen LogP contribution in [0.15, 0.2) is 21.2 Å². The summed E-state index contributed by atoms with van der Waals surface area (Å²) < 4.78 is 10.5. The summed E-state index contributed by atoms with van der Waals surface area (Å²) in [7, 11) is 1.35. The van der Waals surface area contributed by atoms with Crippen molar-refractivity contribution in [3.63, 3.8) is 0 Å². The zero-order valence-corrected chi connectivity index (χ0v) is 12.5. The van der Waals surface area contributed by atoms with E-state index in [1.807, 2.05) is 0 Å². The lowest BCUT2D eigenvalue weighted by molar-refractivity contribution is -0.145. The molecule has 1 aromatic heterocycles. The number of methoxy groups -OCH3 is 1. The third-order valence-corrected chi connectivity index (χ3v) is 3.53. The summed E-state index contributed by atoms with van der Waals surface area (Å²) >= 11 is 3.18. The van der Waals surface area contributed by atoms with E-state index in [1.165, 1.54) is 7.11 Å². The summed E-state index contributed by atoms with van der Waals surface area (Å²) in [6.45, 7) is 2.11. The lowest BCUT2D eigenvalue weighted by Crippen LogP contribution is -2.38. The number of rotatable bonds is 5. The molecule has 0 radical (unpaired) electrons. The van der Waals surface area contributed by atoms with Gasteiger partial charge in [-0.2, -0.15) is 0 Å². The Balaban J connectivity index is 2.08. The van der Waals surface area contributed by atoms with Crippen LogP contribution in [0.1, 0.15) is 30.3 Å². The lowest BCUT2D eigenvalue weighted by Gasteiger charge is -2.23. The van der Waals surface area contributed by atoms with Gasteiger partial charge in [0, 0.05) is 12.6 Å². The van der Waals surface area contributed by atoms with Crippen molar-refractivity contribution in [2.45, 2.75) is 25.8 Å². The number of furan rings is 1. The fourth-order valence-corrected chi connectivity index (χ4v) is 2.23. The first-order valence-electron chi connectivity index (χ1n) is 6.17. The number of amides is 1. The van der Waals surface area contributed by atoms with Crippen molar-refractivity contribution >= 4 is 27.8 Å². The smallest absolute Gasteiger partial charge is 0.310 e. The molecule has 0 aliphatic heterocycles. The van der Waals surface area contributed by atoms with Gasteiger partial charge in [0.05, 0.1) is 13.0 Å². The molecular formula is C13H16BrNO4. The van der Waals surface area contributed by atoms with Crippen molar-refractivity contribution < 1.29 is 18.7 Å². The maximum atomic E-state index is 12.3. The van der Waals surface area contributed by atoms with Crippen molar-refractivity contribution in [1.29, 1.82) is 0 Å². The minimum Gasteiger partial charge on any atom is -0.469 e. The van der Waals surface area contributed by atoms with E-state index >= 15 is 0 Å². The molecule has 1 atom stereocenters. The van der Waals surface area contributed by atoms with Crippen LogP contribution in [-0.4, -0.2) is 36.5 Å². The average molecular weight is 330 g/mol. The van der Waals surface area contributed by atoms with E-state index in [4.69, 9.17) is 9.15 Å². The quantitative estimate of drug-likeness (QED) is 0.778. The largest absolute Gasteiger partial charge is 0.469 e. The lowest BCUT2D eigenvalue weighted by atomic mass is 10.1. The minimum atomic E-state index is -0.340. The number of hydrogen-bond donors (Lipinski definition) is 0. The third-order valence-electron chi connectivity index (χ3n) is 3.11. The molecule has 0 aromatic carbocycles. The number of carbonyl (C=O) groups is 2. The molecule has 1 aromatic rings. The predicted octanol–water partition coefficient (Wildman–Crippen LogP) is 2.46. The molecule has 0 saturated heterocycles. The van der Waals surface area contributed by atoms with Crippen LogP contribution >= 0.6 is 15.9 Å². The molecule has 6 heteroatoms. The minimum absolute atomic E-state index is 0.177. The van der Waals surface area contributed by atoms with E-state index in [2.05, 4.69) is 15.9 Å². The van der Waals surface area contributed by atoms with Crippen molar-refractivity contribution in [2.75, 3.05) is 13.7 Å². The maximum absolute atomic E-state index is 12.3. The summed E-state index contributed by atoms with van der Waals surface area (Å²) in [4.78, 5) is 25.5. The summed E-state index contributed by atoms with van der Waals surface area (Å²) in [5.41, 5.74) is 0. The normalized spacial score (nSPS) is 15.9. The molecule has 0 N–H and O–H groups in total. The first-order chi connectivity index (χ1) is 9.02. The van der Waals surface area contributed by atoms with Crippen LogP contribution in [0.5, 0.6) is 0 Å². The molecule has 1 unspecified atom stereocenters. The Bertz CT molecular complexity index is 481. The van der Waals surface area contributed by atoms with Crippen LogP contribution < -0.4 is 0 Å². The Morgan fingerprint density at radius 2 is 2.21 bits per heavy atom. The molecular weight excluding hydrogens is 314 g/mol. The van der Waals surface area contributed by atoms with E-state index in [0.717, 1.165) is 12.8 Å². The molecule has 0 spiro atoms. The molecule has 1 heterocycles. The maximum Gasteiger partial charge on any atom is 0.310 e. The van der Waals surface area contributed by atoms with Gasteiger partial charge in [-0.25, -0.2) is 0 Å². The summed E-state index contributed by atoms with van der Waals surface area (Å²) in [6.07, 6.45) is 1.95. The highest BCUT2D eigenvalue weighted by molar-refractivity contribution is 9.10. The molecule has 1 fully saturated rings. The second kappa shape index (κ2) is 5.77. The molecule has 2 rings (SSSR count). The number of nitrogens with zero attached hydrogens (tertiary/aromatic N) is 1. The highest BCUT2D eigenvalue weighted by Crippen LogP contribution is 2.30. The third kappa shape index (κ3) is 3.37. The highest BCUT2D eigenvalue weighted by Gasteiger charge is 2.36. The summed E-state index contributed by atoms with van der Waals surface area (Å²) in [5.74, 6) is -0.535. The Morgan fingerprint density at radius 1 is 1.53 bits per heavy atom. The summed E-state index contributed by atoms with van der Waals surface area (Å²) in [6, 6.07) is 3.52. The number of ether oxygens (including phenoxy) is 1. The predicted molar refractivity (Wildman–Crippen MR) is 71.6 cm³/mol. The van der Waals surface area contributed by atoms with Gasteiger partial charge in [0.1, 0.15) is 0 Å². The highest BCUT2D eigenvalue weighted by atomic mass is 79.9. The van der Waals surface area contributed by atoms with Gasteiger partial charge in [-0.15, -0.1) is 0 Å². The van der Waals surface area contributed by atoms with Gasteiger partial charge < -0.3 is 14.1 Å². The summed E-state index contributed by atoms with van der Waals surface area (Å²) in [5, 5.41) is 0. The molecule has 104 valence electrons. The van der Waals surface area contributed by atoms with Gasteiger partial charge in [0.25, 0.3) is 5.91 Å². The molecule has 1 saturated carbocycles. The first kappa shape index (κ1) is 14.1. The second-order valence-corrected chi connectivity index (χ2v) is 5.50. The molecule has 0 bridgehead atoms. The first-order valence-corrected chi connectivity index (χ1v) is 6.96. The van der Waals surface area contributed by atoms with E-state index in [-0.39, 0.29) is 29.6 Å². The van der Waals surface area contributed by atoms with Gasteiger partial charge in [0.15, 0.2) is 10.4 Å². The molecule has 5 nitrogen and oxygen atoms in total. The van der Waals surface area contributed by atoms with Crippen LogP contribution in [0.3, 0.4) is 0 Å². The number of halogens is 1. The molecule has 1 aliphatic carbocycles. The van der Waals surface area contributed by atoms with Crippen LogP contribution in [0, 0.1) is 5.92 Å². The van der Waals surface area contributed by atoms with Crippen molar-refractivity contribution in [3.8, 4) is 0 Å². The van der Waals surface area contributed by atoms with Crippen LogP contribution in [0.4, 0.5) is 0 Å². The fourth-order valence-electron chi connectivity index (χ4n) is 1.93. The zero-order valence-electron chi connectivity index (χ0n) is 10.9. The monoisotopic (exact) mass is 329 g/mol. The van der Waals surface area contributed by atoms with Gasteiger partial charge in [-0.3, -0.25) is 9.59 Å². The van der Waals surface area contributed by atoms with Crippen molar-refractivity contribution in [2.24, 2.45) is 5.92 Å². The Hall–Kier alpha value is -1.30. The van der Waals surface area contributed by atoms with Gasteiger partial charge >= 0.3 is 5.97 Å². The molecule has 19 heavy (non-hydrogen) atoms. The van der Waals surface area contributed by atoms with E-state index < -0.39 is 0 Å². The van der Waals surface area contributed by atoms with E-state index in [1.54, 1.807) is 24.0 Å². The topological polar surface area (TPSA) is 59.8 Å². The Kier molecular flexibility index (Phi) is 4.29. The Labute approximate surface area is 120 Å². The van der Waals surface area contributed by atoms with Crippen molar-refractivity contribution in [1.82, 2.24) is 4.90 Å².